The number of carbonyl (C=O) groups is 2. The SMILES string of the molecule is O=C(Nc1ccccc1C(=O)N1CCCCCC1)C1CCN(S(=O)(=O)CCCc2ccccc2)CC1. The number of hydrogen-bond donors (Lipinski definition) is 1. The summed E-state index contributed by atoms with van der Waals surface area (Å²) in [6, 6.07) is 17.1. The van der Waals surface area contributed by atoms with Gasteiger partial charge in [0.25, 0.3) is 5.91 Å². The Morgan fingerprint density at radius 1 is 0.833 bits per heavy atom. The average Bonchev–Trinajstić information content (AvgIpc) is 3.19. The first-order valence-corrected chi connectivity index (χ1v) is 14.8. The number of amides is 2. The van der Waals surface area contributed by atoms with Crippen LogP contribution in [0, 0.1) is 5.92 Å². The predicted molar refractivity (Wildman–Crippen MR) is 142 cm³/mol. The number of aryl methyl sites for hydroxylation is 1. The minimum Gasteiger partial charge on any atom is -0.339 e. The first-order valence-electron chi connectivity index (χ1n) is 13.1. The molecule has 0 radical (unpaired) electrons. The Morgan fingerprint density at radius 3 is 2.17 bits per heavy atom. The Balaban J connectivity index is 1.29. The topological polar surface area (TPSA) is 86.8 Å². The Hall–Kier alpha value is -2.71. The molecule has 2 aliphatic rings. The molecule has 0 atom stereocenters. The smallest absolute Gasteiger partial charge is 0.255 e. The van der Waals surface area contributed by atoms with Gasteiger partial charge >= 0.3 is 0 Å². The second-order valence-electron chi connectivity index (χ2n) is 9.82. The van der Waals surface area contributed by atoms with E-state index in [9.17, 15) is 18.0 Å². The minimum atomic E-state index is -3.34. The number of benzene rings is 2. The lowest BCUT2D eigenvalue weighted by Gasteiger charge is -2.30. The lowest BCUT2D eigenvalue weighted by Crippen LogP contribution is -2.42. The highest BCUT2D eigenvalue weighted by molar-refractivity contribution is 7.89. The molecule has 0 aliphatic carbocycles. The minimum absolute atomic E-state index is 0.0378. The summed E-state index contributed by atoms with van der Waals surface area (Å²) in [7, 11) is -3.34. The van der Waals surface area contributed by atoms with Gasteiger partial charge in [-0.1, -0.05) is 55.3 Å². The fraction of sp³-hybridized carbons (Fsp3) is 0.500. The molecular formula is C28H37N3O4S. The Morgan fingerprint density at radius 2 is 1.47 bits per heavy atom. The van der Waals surface area contributed by atoms with Crippen LogP contribution in [0.25, 0.3) is 0 Å². The number of carbonyl (C=O) groups excluding carboxylic acids is 2. The number of nitrogens with one attached hydrogen (secondary N) is 1. The van der Waals surface area contributed by atoms with E-state index in [1.54, 1.807) is 12.1 Å². The molecule has 2 aromatic rings. The van der Waals surface area contributed by atoms with Crippen molar-refractivity contribution in [3.05, 3.63) is 65.7 Å². The molecule has 0 bridgehead atoms. The van der Waals surface area contributed by atoms with Gasteiger partial charge < -0.3 is 10.2 Å². The zero-order valence-electron chi connectivity index (χ0n) is 20.9. The van der Waals surface area contributed by atoms with Crippen molar-refractivity contribution < 1.29 is 18.0 Å². The van der Waals surface area contributed by atoms with E-state index < -0.39 is 10.0 Å². The van der Waals surface area contributed by atoms with E-state index in [1.165, 1.54) is 4.31 Å². The van der Waals surface area contributed by atoms with E-state index in [0.29, 0.717) is 43.6 Å². The van der Waals surface area contributed by atoms with Crippen LogP contribution in [0.15, 0.2) is 54.6 Å². The normalized spacial score (nSPS) is 17.9. The van der Waals surface area contributed by atoms with Crippen LogP contribution < -0.4 is 5.32 Å². The maximum atomic E-state index is 13.2. The van der Waals surface area contributed by atoms with Crippen molar-refractivity contribution in [2.24, 2.45) is 5.92 Å². The van der Waals surface area contributed by atoms with Gasteiger partial charge in [-0.2, -0.15) is 0 Å². The average molecular weight is 512 g/mol. The molecule has 2 aromatic carbocycles. The van der Waals surface area contributed by atoms with Crippen molar-refractivity contribution in [2.75, 3.05) is 37.2 Å². The Kier molecular flexibility index (Phi) is 9.15. The maximum absolute atomic E-state index is 13.2. The van der Waals surface area contributed by atoms with Crippen LogP contribution in [0.4, 0.5) is 5.69 Å². The monoisotopic (exact) mass is 511 g/mol. The third-order valence-electron chi connectivity index (χ3n) is 7.24. The van der Waals surface area contributed by atoms with Crippen LogP contribution in [0.1, 0.15) is 60.9 Å². The lowest BCUT2D eigenvalue weighted by atomic mass is 9.97. The van der Waals surface area contributed by atoms with Gasteiger partial charge in [-0.05, 0) is 56.2 Å². The first kappa shape index (κ1) is 26.4. The first-order chi connectivity index (χ1) is 17.4. The van der Waals surface area contributed by atoms with Gasteiger partial charge in [0.2, 0.25) is 15.9 Å². The number of anilines is 1. The number of nitrogens with zero attached hydrogens (tertiary/aromatic N) is 2. The van der Waals surface area contributed by atoms with Gasteiger partial charge in [-0.25, -0.2) is 12.7 Å². The maximum Gasteiger partial charge on any atom is 0.255 e. The van der Waals surface area contributed by atoms with Crippen molar-refractivity contribution in [1.82, 2.24) is 9.21 Å². The summed E-state index contributed by atoms with van der Waals surface area (Å²) in [5, 5.41) is 2.97. The van der Waals surface area contributed by atoms with Gasteiger partial charge in [-0.3, -0.25) is 9.59 Å². The number of likely N-dealkylation sites (tertiary alicyclic amines) is 1. The van der Waals surface area contributed by atoms with E-state index in [2.05, 4.69) is 5.32 Å². The predicted octanol–water partition coefficient (Wildman–Crippen LogP) is 4.32. The van der Waals surface area contributed by atoms with Crippen molar-refractivity contribution in [2.45, 2.75) is 51.4 Å². The number of sulfonamides is 1. The van der Waals surface area contributed by atoms with E-state index in [4.69, 9.17) is 0 Å². The zero-order chi connectivity index (χ0) is 25.4. The second kappa shape index (κ2) is 12.5. The molecule has 0 aromatic heterocycles. The molecular weight excluding hydrogens is 474 g/mol. The van der Waals surface area contributed by atoms with Crippen molar-refractivity contribution in [3.8, 4) is 0 Å². The third kappa shape index (κ3) is 6.95. The molecule has 2 aliphatic heterocycles. The molecule has 7 nitrogen and oxygen atoms in total. The third-order valence-corrected chi connectivity index (χ3v) is 9.19. The van der Waals surface area contributed by atoms with Gasteiger partial charge in [-0.15, -0.1) is 0 Å². The standard InChI is InChI=1S/C28H37N3O4S/c32-27(29-26-15-7-6-14-25(26)28(33)30-18-8-1-2-9-19-30)24-16-20-31(21-17-24)36(34,35)22-10-13-23-11-4-3-5-12-23/h3-7,11-12,14-15,24H,1-2,8-10,13,16-22H2,(H,29,32). The molecule has 8 heteroatoms. The van der Waals surface area contributed by atoms with Crippen LogP contribution in [-0.2, 0) is 21.2 Å². The molecule has 36 heavy (non-hydrogen) atoms. The summed E-state index contributed by atoms with van der Waals surface area (Å²) in [6.07, 6.45) is 6.57. The number of hydrogen-bond acceptors (Lipinski definition) is 4. The summed E-state index contributed by atoms with van der Waals surface area (Å²) >= 11 is 0. The highest BCUT2D eigenvalue weighted by Crippen LogP contribution is 2.25. The molecule has 4 rings (SSSR count). The number of para-hydroxylation sites is 1. The van der Waals surface area contributed by atoms with Crippen LogP contribution in [-0.4, -0.2) is 61.4 Å². The molecule has 194 valence electrons. The molecule has 1 N–H and O–H groups in total. The summed E-state index contributed by atoms with van der Waals surface area (Å²) in [4.78, 5) is 28.1. The van der Waals surface area contributed by atoms with Crippen LogP contribution in [0.5, 0.6) is 0 Å². The van der Waals surface area contributed by atoms with Crippen LogP contribution >= 0.6 is 0 Å². The van der Waals surface area contributed by atoms with Crippen molar-refractivity contribution >= 4 is 27.5 Å². The van der Waals surface area contributed by atoms with Crippen LogP contribution in [0.3, 0.4) is 0 Å². The molecule has 0 saturated carbocycles. The fourth-order valence-electron chi connectivity index (χ4n) is 5.09. The zero-order valence-corrected chi connectivity index (χ0v) is 21.7. The molecule has 0 unspecified atom stereocenters. The number of piperidine rings is 1. The molecule has 2 fully saturated rings. The van der Waals surface area contributed by atoms with E-state index in [0.717, 1.165) is 50.8 Å². The van der Waals surface area contributed by atoms with Gasteiger partial charge in [0.1, 0.15) is 0 Å². The number of rotatable bonds is 8. The molecule has 2 amide bonds. The highest BCUT2D eigenvalue weighted by atomic mass is 32.2. The molecule has 2 heterocycles. The lowest BCUT2D eigenvalue weighted by molar-refractivity contribution is -0.120. The molecule has 2 saturated heterocycles. The van der Waals surface area contributed by atoms with E-state index >= 15 is 0 Å². The quantitative estimate of drug-likeness (QED) is 0.572. The summed E-state index contributed by atoms with van der Waals surface area (Å²) < 4.78 is 27.2. The van der Waals surface area contributed by atoms with Gasteiger partial charge in [0.05, 0.1) is 17.0 Å². The van der Waals surface area contributed by atoms with Crippen molar-refractivity contribution in [1.29, 1.82) is 0 Å². The Labute approximate surface area is 214 Å². The van der Waals surface area contributed by atoms with Gasteiger partial charge in [0, 0.05) is 32.1 Å². The fourth-order valence-corrected chi connectivity index (χ4v) is 6.62. The van der Waals surface area contributed by atoms with Crippen molar-refractivity contribution in [3.63, 3.8) is 0 Å². The van der Waals surface area contributed by atoms with E-state index in [-0.39, 0.29) is 23.5 Å². The molecule has 0 spiro atoms. The summed E-state index contributed by atoms with van der Waals surface area (Å²) in [6.45, 7) is 2.19. The Bertz CT molecular complexity index is 1120. The second-order valence-corrected chi connectivity index (χ2v) is 11.9. The summed E-state index contributed by atoms with van der Waals surface area (Å²) in [5.74, 6) is -0.344. The highest BCUT2D eigenvalue weighted by Gasteiger charge is 2.31. The van der Waals surface area contributed by atoms with Crippen LogP contribution in [0.2, 0.25) is 0 Å². The van der Waals surface area contributed by atoms with E-state index in [1.807, 2.05) is 47.4 Å². The van der Waals surface area contributed by atoms with Gasteiger partial charge in [0.15, 0.2) is 0 Å². The summed E-state index contributed by atoms with van der Waals surface area (Å²) in [5.41, 5.74) is 2.19. The largest absolute Gasteiger partial charge is 0.339 e.